The zero-order chi connectivity index (χ0) is 21.3. The van der Waals surface area contributed by atoms with Crippen LogP contribution in [0.5, 0.6) is 5.75 Å². The third-order valence-corrected chi connectivity index (χ3v) is 4.39. The van der Waals surface area contributed by atoms with Gasteiger partial charge in [-0.05, 0) is 40.5 Å². The van der Waals surface area contributed by atoms with Gasteiger partial charge >= 0.3 is 0 Å². The van der Waals surface area contributed by atoms with Gasteiger partial charge < -0.3 is 14.3 Å². The molecule has 1 atom stereocenters. The second-order valence-corrected chi connectivity index (χ2v) is 6.49. The van der Waals surface area contributed by atoms with E-state index in [-0.39, 0.29) is 5.89 Å². The molecule has 0 saturated carbocycles. The molecule has 5 heteroatoms. The van der Waals surface area contributed by atoms with Crippen LogP contribution in [0.2, 0.25) is 0 Å². The van der Waals surface area contributed by atoms with Crippen molar-refractivity contribution in [1.82, 2.24) is 10.2 Å². The molecule has 0 spiro atoms. The zero-order valence-corrected chi connectivity index (χ0v) is 17.4. The molecule has 0 fully saturated rings. The number of hydrogen-bond acceptors (Lipinski definition) is 5. The van der Waals surface area contributed by atoms with Gasteiger partial charge in [-0.2, -0.15) is 0 Å². The van der Waals surface area contributed by atoms with Crippen LogP contribution in [0.4, 0.5) is 0 Å². The molecule has 1 N–H and O–H groups in total. The van der Waals surface area contributed by atoms with E-state index in [2.05, 4.69) is 10.2 Å². The molecule has 1 heterocycles. The highest BCUT2D eigenvalue weighted by Gasteiger charge is 2.17. The van der Waals surface area contributed by atoms with Crippen molar-refractivity contribution < 1.29 is 14.3 Å². The van der Waals surface area contributed by atoms with Gasteiger partial charge in [-0.3, -0.25) is 0 Å². The van der Waals surface area contributed by atoms with E-state index < -0.39 is 6.10 Å². The number of ether oxygens (including phenoxy) is 1. The third kappa shape index (κ3) is 5.33. The highest BCUT2D eigenvalue weighted by molar-refractivity contribution is 5.66. The van der Waals surface area contributed by atoms with E-state index >= 15 is 0 Å². The van der Waals surface area contributed by atoms with E-state index in [1.165, 1.54) is 0 Å². The first kappa shape index (κ1) is 21.3. The fourth-order valence-corrected chi connectivity index (χ4v) is 2.96. The van der Waals surface area contributed by atoms with Crippen LogP contribution in [0.15, 0.2) is 83.3 Å². The topological polar surface area (TPSA) is 68.4 Å². The number of rotatable bonds is 6. The molecule has 0 bridgehead atoms. The van der Waals surface area contributed by atoms with E-state index in [0.717, 1.165) is 22.4 Å². The lowest BCUT2D eigenvalue weighted by Gasteiger charge is -2.11. The Labute approximate surface area is 177 Å². The van der Waals surface area contributed by atoms with Gasteiger partial charge in [0, 0.05) is 6.92 Å². The molecule has 4 rings (SSSR count). The Hall–Kier alpha value is -3.44. The van der Waals surface area contributed by atoms with Crippen molar-refractivity contribution in [2.24, 2.45) is 0 Å². The van der Waals surface area contributed by atoms with Crippen LogP contribution in [0.1, 0.15) is 42.9 Å². The number of nitrogens with zero attached hydrogens (tertiary/aromatic N) is 2. The standard InChI is InChI=1S/C23H20N2O3.C2H6/c1-16-24-25-23(28-16)22(26)20-11-5-9-18(13-20)19-10-6-12-21(14-19)27-15-17-7-3-2-4-8-17;1-2/h2-14,22,26H,15H2,1H3;1-2H3. The summed E-state index contributed by atoms with van der Waals surface area (Å²) >= 11 is 0. The van der Waals surface area contributed by atoms with Gasteiger partial charge in [0.25, 0.3) is 0 Å². The summed E-state index contributed by atoms with van der Waals surface area (Å²) in [5.74, 6) is 1.41. The fourth-order valence-electron chi connectivity index (χ4n) is 2.96. The van der Waals surface area contributed by atoms with Crippen molar-refractivity contribution in [2.75, 3.05) is 0 Å². The third-order valence-electron chi connectivity index (χ3n) is 4.39. The van der Waals surface area contributed by atoms with Crippen molar-refractivity contribution in [2.45, 2.75) is 33.5 Å². The van der Waals surface area contributed by atoms with E-state index in [1.54, 1.807) is 6.92 Å². The molecule has 5 nitrogen and oxygen atoms in total. The van der Waals surface area contributed by atoms with Crippen molar-refractivity contribution >= 4 is 0 Å². The quantitative estimate of drug-likeness (QED) is 0.446. The lowest BCUT2D eigenvalue weighted by Crippen LogP contribution is -2.00. The van der Waals surface area contributed by atoms with Crippen LogP contribution in [0, 0.1) is 6.92 Å². The molecular weight excluding hydrogens is 376 g/mol. The highest BCUT2D eigenvalue weighted by atomic mass is 16.5. The molecule has 0 aliphatic rings. The normalized spacial score (nSPS) is 11.3. The summed E-state index contributed by atoms with van der Waals surface area (Å²) in [7, 11) is 0. The van der Waals surface area contributed by atoms with Gasteiger partial charge in [-0.25, -0.2) is 0 Å². The van der Waals surface area contributed by atoms with Crippen LogP contribution in [0.3, 0.4) is 0 Å². The van der Waals surface area contributed by atoms with E-state index in [9.17, 15) is 5.11 Å². The lowest BCUT2D eigenvalue weighted by atomic mass is 10.0. The van der Waals surface area contributed by atoms with Crippen molar-refractivity contribution in [3.63, 3.8) is 0 Å². The van der Waals surface area contributed by atoms with Crippen LogP contribution in [0.25, 0.3) is 11.1 Å². The van der Waals surface area contributed by atoms with Crippen LogP contribution < -0.4 is 4.74 Å². The Morgan fingerprint density at radius 2 is 1.57 bits per heavy atom. The Morgan fingerprint density at radius 1 is 0.867 bits per heavy atom. The largest absolute Gasteiger partial charge is 0.489 e. The molecule has 0 saturated heterocycles. The van der Waals surface area contributed by atoms with Gasteiger partial charge in [0.05, 0.1) is 0 Å². The molecular formula is C25H26N2O3. The SMILES string of the molecule is CC.Cc1nnc(C(O)c2cccc(-c3cccc(OCc4ccccc4)c3)c2)o1. The van der Waals surface area contributed by atoms with E-state index in [0.29, 0.717) is 18.1 Å². The summed E-state index contributed by atoms with van der Waals surface area (Å²) in [5, 5.41) is 18.2. The van der Waals surface area contributed by atoms with E-state index in [1.807, 2.05) is 92.7 Å². The van der Waals surface area contributed by atoms with Gasteiger partial charge in [0.15, 0.2) is 6.10 Å². The number of hydrogen-bond donors (Lipinski definition) is 1. The lowest BCUT2D eigenvalue weighted by molar-refractivity contribution is 0.181. The molecule has 1 unspecified atom stereocenters. The number of benzene rings is 3. The Bertz CT molecular complexity index is 1060. The van der Waals surface area contributed by atoms with Crippen molar-refractivity contribution in [3.05, 3.63) is 102 Å². The first-order valence-corrected chi connectivity index (χ1v) is 10.0. The summed E-state index contributed by atoms with van der Waals surface area (Å²) < 4.78 is 11.3. The first-order valence-electron chi connectivity index (χ1n) is 10.0. The maximum atomic E-state index is 10.5. The zero-order valence-electron chi connectivity index (χ0n) is 17.4. The molecule has 0 aliphatic heterocycles. The van der Waals surface area contributed by atoms with Gasteiger partial charge in [0.1, 0.15) is 12.4 Å². The second kappa shape index (κ2) is 10.4. The second-order valence-electron chi connectivity index (χ2n) is 6.49. The Morgan fingerprint density at radius 3 is 2.27 bits per heavy atom. The smallest absolute Gasteiger partial charge is 0.249 e. The van der Waals surface area contributed by atoms with Gasteiger partial charge in [-0.15, -0.1) is 10.2 Å². The minimum absolute atomic E-state index is 0.189. The molecule has 0 amide bonds. The average Bonchev–Trinajstić information content (AvgIpc) is 3.26. The minimum Gasteiger partial charge on any atom is -0.489 e. The summed E-state index contributed by atoms with van der Waals surface area (Å²) in [6, 6.07) is 25.6. The van der Waals surface area contributed by atoms with Crippen molar-refractivity contribution in [3.8, 4) is 16.9 Å². The average molecular weight is 402 g/mol. The molecule has 154 valence electrons. The summed E-state index contributed by atoms with van der Waals surface area (Å²) in [6.45, 7) is 6.21. The Kier molecular flexibility index (Phi) is 7.35. The number of aliphatic hydroxyl groups is 1. The molecule has 4 aromatic rings. The minimum atomic E-state index is -0.960. The highest BCUT2D eigenvalue weighted by Crippen LogP contribution is 2.28. The summed E-state index contributed by atoms with van der Waals surface area (Å²) in [4.78, 5) is 0. The van der Waals surface area contributed by atoms with E-state index in [4.69, 9.17) is 9.15 Å². The number of aliphatic hydroxyl groups excluding tert-OH is 1. The van der Waals surface area contributed by atoms with Crippen molar-refractivity contribution in [1.29, 1.82) is 0 Å². The Balaban J connectivity index is 0.00000124. The monoisotopic (exact) mass is 402 g/mol. The molecule has 0 radical (unpaired) electrons. The maximum Gasteiger partial charge on any atom is 0.249 e. The summed E-state index contributed by atoms with van der Waals surface area (Å²) in [6.07, 6.45) is -0.960. The molecule has 0 aliphatic carbocycles. The number of aryl methyl sites for hydroxylation is 1. The predicted molar refractivity (Wildman–Crippen MR) is 117 cm³/mol. The van der Waals surface area contributed by atoms with Crippen LogP contribution in [-0.2, 0) is 6.61 Å². The van der Waals surface area contributed by atoms with Gasteiger partial charge in [0.2, 0.25) is 11.8 Å². The predicted octanol–water partition coefficient (Wildman–Crippen LogP) is 5.73. The summed E-state index contributed by atoms with van der Waals surface area (Å²) in [5.41, 5.74) is 3.78. The molecule has 1 aromatic heterocycles. The van der Waals surface area contributed by atoms with Crippen LogP contribution in [-0.4, -0.2) is 15.3 Å². The maximum absolute atomic E-state index is 10.5. The first-order chi connectivity index (χ1) is 14.7. The number of aromatic nitrogens is 2. The van der Waals surface area contributed by atoms with Gasteiger partial charge in [-0.1, -0.05) is 74.5 Å². The fraction of sp³-hybridized carbons (Fsp3) is 0.200. The molecule has 3 aromatic carbocycles. The molecule has 30 heavy (non-hydrogen) atoms. The van der Waals surface area contributed by atoms with Crippen LogP contribution >= 0.6 is 0 Å².